The molecule has 0 saturated carbocycles. The Kier molecular flexibility index (Phi) is 2.73. The van der Waals surface area contributed by atoms with Crippen molar-refractivity contribution in [1.82, 2.24) is 4.90 Å². The number of hydrogen-bond donors (Lipinski definition) is 1. The van der Waals surface area contributed by atoms with Crippen LogP contribution in [-0.2, 0) is 4.79 Å². The Labute approximate surface area is 70.9 Å². The number of β-amino-alcohol motifs (C(OH)–C–C–N with tert-alkyl or cyclic N) is 1. The van der Waals surface area contributed by atoms with Gasteiger partial charge in [0.25, 0.3) is 0 Å². The summed E-state index contributed by atoms with van der Waals surface area (Å²) in [6.07, 6.45) is 0.324. The van der Waals surface area contributed by atoms with Gasteiger partial charge in [0, 0.05) is 13.1 Å². The number of aliphatic hydroxyl groups excluding tert-OH is 1. The first kappa shape index (κ1) is 8.81. The molecular formula is C7H12ClNO2. The van der Waals surface area contributed by atoms with Gasteiger partial charge in [-0.3, -0.25) is 4.79 Å². The lowest BCUT2D eigenvalue weighted by atomic mass is 10.3. The van der Waals surface area contributed by atoms with Crippen LogP contribution in [0.25, 0.3) is 0 Å². The predicted molar refractivity (Wildman–Crippen MR) is 42.5 cm³/mol. The molecule has 1 saturated heterocycles. The third-order valence-electron chi connectivity index (χ3n) is 1.82. The number of likely N-dealkylation sites (tertiary alicyclic amines) is 1. The summed E-state index contributed by atoms with van der Waals surface area (Å²) < 4.78 is 0. The molecule has 1 amide bonds. The number of hydrogen-bond acceptors (Lipinski definition) is 2. The molecule has 1 N–H and O–H groups in total. The molecule has 1 unspecified atom stereocenters. The van der Waals surface area contributed by atoms with Gasteiger partial charge >= 0.3 is 0 Å². The molecular weight excluding hydrogens is 166 g/mol. The number of carbonyl (C=O) groups is 1. The number of carbonyl (C=O) groups excluding carboxylic acids is 1. The number of amides is 1. The Balaban J connectivity index is 2.43. The van der Waals surface area contributed by atoms with Gasteiger partial charge in [-0.2, -0.15) is 0 Å². The van der Waals surface area contributed by atoms with Gasteiger partial charge < -0.3 is 10.0 Å². The monoisotopic (exact) mass is 177 g/mol. The van der Waals surface area contributed by atoms with Crippen LogP contribution in [-0.4, -0.2) is 40.5 Å². The van der Waals surface area contributed by atoms with Crippen LogP contribution in [0.4, 0.5) is 0 Å². The molecule has 0 aromatic rings. The van der Waals surface area contributed by atoms with E-state index in [9.17, 15) is 4.79 Å². The molecule has 1 aliphatic heterocycles. The summed E-state index contributed by atoms with van der Waals surface area (Å²) in [5.74, 6) is -0.0804. The van der Waals surface area contributed by atoms with Gasteiger partial charge in [0.1, 0.15) is 5.38 Å². The topological polar surface area (TPSA) is 40.5 Å². The third-order valence-corrected chi connectivity index (χ3v) is 2.00. The van der Waals surface area contributed by atoms with E-state index in [0.717, 1.165) is 0 Å². The summed E-state index contributed by atoms with van der Waals surface area (Å²) in [7, 11) is 0. The van der Waals surface area contributed by atoms with Crippen LogP contribution < -0.4 is 0 Å². The molecule has 1 rings (SSSR count). The summed E-state index contributed by atoms with van der Waals surface area (Å²) in [6, 6.07) is 0. The number of aliphatic hydroxyl groups is 1. The lowest BCUT2D eigenvalue weighted by molar-refractivity contribution is -0.129. The van der Waals surface area contributed by atoms with Gasteiger partial charge in [-0.15, -0.1) is 11.6 Å². The first-order chi connectivity index (χ1) is 5.11. The largest absolute Gasteiger partial charge is 0.391 e. The second-order valence-corrected chi connectivity index (χ2v) is 3.50. The molecule has 11 heavy (non-hydrogen) atoms. The van der Waals surface area contributed by atoms with E-state index in [2.05, 4.69) is 0 Å². The maximum absolute atomic E-state index is 11.2. The standard InChI is InChI=1S/C7H12ClNO2/c1-5(8)7(11)9-3-2-6(10)4-9/h5-6,10H,2-4H2,1H3/t5?,6-/m1/s1. The van der Waals surface area contributed by atoms with Crippen LogP contribution in [0.15, 0.2) is 0 Å². The molecule has 1 fully saturated rings. The molecule has 0 radical (unpaired) electrons. The highest BCUT2D eigenvalue weighted by Gasteiger charge is 2.26. The minimum absolute atomic E-state index is 0.0804. The number of halogens is 1. The molecule has 64 valence electrons. The molecule has 0 aliphatic carbocycles. The van der Waals surface area contributed by atoms with Crippen LogP contribution in [0, 0.1) is 0 Å². The smallest absolute Gasteiger partial charge is 0.240 e. The van der Waals surface area contributed by atoms with Gasteiger partial charge in [0.05, 0.1) is 6.10 Å². The summed E-state index contributed by atoms with van der Waals surface area (Å²) in [6.45, 7) is 2.72. The Hall–Kier alpha value is -0.280. The maximum atomic E-state index is 11.2. The molecule has 0 spiro atoms. The zero-order valence-electron chi connectivity index (χ0n) is 6.46. The molecule has 1 heterocycles. The lowest BCUT2D eigenvalue weighted by Crippen LogP contribution is -2.34. The minimum atomic E-state index is -0.472. The van der Waals surface area contributed by atoms with Crippen LogP contribution in [0.1, 0.15) is 13.3 Å². The van der Waals surface area contributed by atoms with E-state index < -0.39 is 5.38 Å². The van der Waals surface area contributed by atoms with Crippen molar-refractivity contribution in [1.29, 1.82) is 0 Å². The normalized spacial score (nSPS) is 27.2. The Morgan fingerprint density at radius 3 is 2.82 bits per heavy atom. The molecule has 0 bridgehead atoms. The van der Waals surface area contributed by atoms with Crippen molar-refractivity contribution < 1.29 is 9.90 Å². The quantitative estimate of drug-likeness (QED) is 0.582. The Morgan fingerprint density at radius 1 is 1.82 bits per heavy atom. The van der Waals surface area contributed by atoms with E-state index in [1.165, 1.54) is 0 Å². The van der Waals surface area contributed by atoms with E-state index in [-0.39, 0.29) is 12.0 Å². The molecule has 1 aliphatic rings. The van der Waals surface area contributed by atoms with Gasteiger partial charge in [0.15, 0.2) is 0 Å². The first-order valence-electron chi connectivity index (χ1n) is 3.72. The number of alkyl halides is 1. The molecule has 0 aromatic heterocycles. The van der Waals surface area contributed by atoms with E-state index in [1.807, 2.05) is 0 Å². The van der Waals surface area contributed by atoms with Crippen LogP contribution in [0.2, 0.25) is 0 Å². The summed E-state index contributed by atoms with van der Waals surface area (Å²) in [5.41, 5.74) is 0. The predicted octanol–water partition coefficient (Wildman–Crippen LogP) is 0.207. The van der Waals surface area contributed by atoms with E-state index >= 15 is 0 Å². The lowest BCUT2D eigenvalue weighted by Gasteiger charge is -2.16. The highest BCUT2D eigenvalue weighted by Crippen LogP contribution is 2.11. The first-order valence-corrected chi connectivity index (χ1v) is 4.16. The van der Waals surface area contributed by atoms with E-state index in [1.54, 1.807) is 11.8 Å². The summed E-state index contributed by atoms with van der Waals surface area (Å²) >= 11 is 5.58. The Bertz CT molecular complexity index is 161. The van der Waals surface area contributed by atoms with Gasteiger partial charge in [0.2, 0.25) is 5.91 Å². The van der Waals surface area contributed by atoms with Crippen LogP contribution in [0.3, 0.4) is 0 Å². The van der Waals surface area contributed by atoms with Crippen molar-refractivity contribution in [2.45, 2.75) is 24.8 Å². The maximum Gasteiger partial charge on any atom is 0.240 e. The average Bonchev–Trinajstić information content (AvgIpc) is 2.34. The SMILES string of the molecule is CC(Cl)C(=O)N1CC[C@@H](O)C1. The third kappa shape index (κ3) is 2.07. The average molecular weight is 178 g/mol. The van der Waals surface area contributed by atoms with E-state index in [4.69, 9.17) is 16.7 Å². The second kappa shape index (κ2) is 3.41. The molecule has 4 heteroatoms. The van der Waals surface area contributed by atoms with Crippen molar-refractivity contribution >= 4 is 17.5 Å². The van der Waals surface area contributed by atoms with E-state index in [0.29, 0.717) is 19.5 Å². The fourth-order valence-electron chi connectivity index (χ4n) is 1.19. The van der Waals surface area contributed by atoms with Crippen molar-refractivity contribution in [2.75, 3.05) is 13.1 Å². The molecule has 2 atom stereocenters. The second-order valence-electron chi connectivity index (χ2n) is 2.84. The number of rotatable bonds is 1. The van der Waals surface area contributed by atoms with Gasteiger partial charge in [-0.25, -0.2) is 0 Å². The van der Waals surface area contributed by atoms with Crippen LogP contribution in [0.5, 0.6) is 0 Å². The Morgan fingerprint density at radius 2 is 2.45 bits per heavy atom. The van der Waals surface area contributed by atoms with Gasteiger partial charge in [-0.05, 0) is 13.3 Å². The fraction of sp³-hybridized carbons (Fsp3) is 0.857. The molecule has 3 nitrogen and oxygen atoms in total. The highest BCUT2D eigenvalue weighted by atomic mass is 35.5. The van der Waals surface area contributed by atoms with Crippen molar-refractivity contribution in [3.8, 4) is 0 Å². The van der Waals surface area contributed by atoms with Gasteiger partial charge in [-0.1, -0.05) is 0 Å². The van der Waals surface area contributed by atoms with Crippen molar-refractivity contribution in [2.24, 2.45) is 0 Å². The van der Waals surface area contributed by atoms with Crippen LogP contribution >= 0.6 is 11.6 Å². The minimum Gasteiger partial charge on any atom is -0.391 e. The highest BCUT2D eigenvalue weighted by molar-refractivity contribution is 6.30. The molecule has 0 aromatic carbocycles. The zero-order chi connectivity index (χ0) is 8.43. The fourth-order valence-corrected chi connectivity index (χ4v) is 1.33. The van der Waals surface area contributed by atoms with Crippen molar-refractivity contribution in [3.05, 3.63) is 0 Å². The summed E-state index contributed by atoms with van der Waals surface area (Å²) in [4.78, 5) is 12.8. The number of nitrogens with zero attached hydrogens (tertiary/aromatic N) is 1. The zero-order valence-corrected chi connectivity index (χ0v) is 7.21. The van der Waals surface area contributed by atoms with Crippen molar-refractivity contribution in [3.63, 3.8) is 0 Å². The summed E-state index contributed by atoms with van der Waals surface area (Å²) in [5, 5.41) is 8.62.